The van der Waals surface area contributed by atoms with E-state index in [0.29, 0.717) is 0 Å². The zero-order chi connectivity index (χ0) is 15.9. The molecule has 0 aromatic carbocycles. The number of Topliss-reactive ketones (excluding diaryl/α,β-unsaturated/α-hetero) is 1. The van der Waals surface area contributed by atoms with Crippen molar-refractivity contribution in [2.75, 3.05) is 5.75 Å². The summed E-state index contributed by atoms with van der Waals surface area (Å²) in [7, 11) is -4.76. The van der Waals surface area contributed by atoms with Gasteiger partial charge in [0.15, 0.2) is 5.75 Å². The second-order valence-electron chi connectivity index (χ2n) is 5.61. The minimum absolute atomic E-state index is 0.128. The fraction of sp³-hybridized carbons (Fsp3) is 0.818. The van der Waals surface area contributed by atoms with E-state index in [1.165, 1.54) is 11.6 Å². The Bertz CT molecular complexity index is 524. The van der Waals surface area contributed by atoms with E-state index in [2.05, 4.69) is 0 Å². The van der Waals surface area contributed by atoms with E-state index in [-0.39, 0.29) is 18.1 Å². The molecule has 9 heteroatoms. The predicted molar refractivity (Wildman–Crippen MR) is 64.0 cm³/mol. The van der Waals surface area contributed by atoms with Crippen molar-refractivity contribution >= 4 is 21.7 Å². The second kappa shape index (κ2) is 5.01. The van der Waals surface area contributed by atoms with Crippen molar-refractivity contribution in [3.63, 3.8) is 0 Å². The fourth-order valence-corrected chi connectivity index (χ4v) is 3.49. The van der Waals surface area contributed by atoms with Crippen molar-refractivity contribution in [2.24, 2.45) is 17.3 Å². The van der Waals surface area contributed by atoms with E-state index in [9.17, 15) is 31.2 Å². The minimum Gasteiger partial charge on any atom is -0.300 e. The lowest BCUT2D eigenvalue weighted by molar-refractivity contribution is -0.147. The predicted octanol–water partition coefficient (Wildman–Crippen LogP) is 1.25. The first-order valence-corrected chi connectivity index (χ1v) is 7.53. The quantitative estimate of drug-likeness (QED) is 0.846. The van der Waals surface area contributed by atoms with Crippen LogP contribution in [-0.4, -0.2) is 32.0 Å². The van der Waals surface area contributed by atoms with Gasteiger partial charge < -0.3 is 0 Å². The molecule has 5 nitrogen and oxygen atoms in total. The van der Waals surface area contributed by atoms with Gasteiger partial charge in [-0.3, -0.25) is 14.3 Å². The highest BCUT2D eigenvalue weighted by atomic mass is 32.2. The molecule has 1 fully saturated rings. The van der Waals surface area contributed by atoms with E-state index in [1.807, 2.05) is 0 Å². The Labute approximate surface area is 115 Å². The van der Waals surface area contributed by atoms with Gasteiger partial charge in [0, 0.05) is 11.8 Å². The highest BCUT2D eigenvalue weighted by molar-refractivity contribution is 7.90. The highest BCUT2D eigenvalue weighted by Crippen LogP contribution is 2.51. The largest absolute Gasteiger partial charge is 0.404 e. The summed E-state index contributed by atoms with van der Waals surface area (Å²) in [4.78, 5) is 23.0. The molecule has 116 valence electrons. The molecular formula is C11H16F3NO4S. The zero-order valence-electron chi connectivity index (χ0n) is 11.2. The van der Waals surface area contributed by atoms with E-state index in [1.54, 1.807) is 13.8 Å². The number of nitrogens with one attached hydrogen (secondary N) is 1. The summed E-state index contributed by atoms with van der Waals surface area (Å²) in [6.07, 6.45) is -4.77. The van der Waals surface area contributed by atoms with Gasteiger partial charge in [-0.25, -0.2) is 8.42 Å². The summed E-state index contributed by atoms with van der Waals surface area (Å²) < 4.78 is 60.0. The molecule has 0 spiro atoms. The van der Waals surface area contributed by atoms with Gasteiger partial charge in [0.2, 0.25) is 15.9 Å². The van der Waals surface area contributed by atoms with Gasteiger partial charge in [0.1, 0.15) is 5.78 Å². The van der Waals surface area contributed by atoms with Crippen molar-refractivity contribution in [3.8, 4) is 0 Å². The lowest BCUT2D eigenvalue weighted by Crippen LogP contribution is -2.55. The lowest BCUT2D eigenvalue weighted by Gasteiger charge is -2.49. The third-order valence-electron chi connectivity index (χ3n) is 3.68. The van der Waals surface area contributed by atoms with Gasteiger partial charge in [-0.1, -0.05) is 13.8 Å². The maximum atomic E-state index is 12.0. The molecule has 20 heavy (non-hydrogen) atoms. The Kier molecular flexibility index (Phi) is 4.24. The number of ketones is 1. The van der Waals surface area contributed by atoms with Gasteiger partial charge in [-0.05, 0) is 18.8 Å². The van der Waals surface area contributed by atoms with Crippen LogP contribution in [0.2, 0.25) is 0 Å². The molecule has 1 amide bonds. The average Bonchev–Trinajstić information content (AvgIpc) is 2.09. The van der Waals surface area contributed by atoms with E-state index in [4.69, 9.17) is 0 Å². The van der Waals surface area contributed by atoms with Crippen LogP contribution in [0.5, 0.6) is 0 Å². The molecule has 0 aromatic heterocycles. The van der Waals surface area contributed by atoms with Crippen LogP contribution in [0, 0.1) is 17.3 Å². The highest BCUT2D eigenvalue weighted by Gasteiger charge is 2.54. The normalized spacial score (nSPS) is 25.7. The van der Waals surface area contributed by atoms with Crippen molar-refractivity contribution in [1.82, 2.24) is 4.72 Å². The number of sulfonamides is 1. The van der Waals surface area contributed by atoms with E-state index >= 15 is 0 Å². The molecule has 1 N–H and O–H groups in total. The molecule has 0 bridgehead atoms. The Balaban J connectivity index is 2.73. The number of hydrogen-bond donors (Lipinski definition) is 1. The number of rotatable bonds is 4. The van der Waals surface area contributed by atoms with Crippen LogP contribution in [0.4, 0.5) is 13.2 Å². The monoisotopic (exact) mass is 315 g/mol. The zero-order valence-corrected chi connectivity index (χ0v) is 12.1. The number of carbonyl (C=O) groups excluding carboxylic acids is 2. The Morgan fingerprint density at radius 1 is 1.25 bits per heavy atom. The van der Waals surface area contributed by atoms with Crippen LogP contribution in [0.25, 0.3) is 0 Å². The summed E-state index contributed by atoms with van der Waals surface area (Å²) in [6, 6.07) is 0. The molecule has 1 aliphatic rings. The summed E-state index contributed by atoms with van der Waals surface area (Å²) in [5.74, 6) is -4.40. The fourth-order valence-electron chi connectivity index (χ4n) is 2.54. The van der Waals surface area contributed by atoms with Gasteiger partial charge in [0.25, 0.3) is 0 Å². The number of carbonyl (C=O) groups is 2. The average molecular weight is 315 g/mol. The third kappa shape index (κ3) is 3.71. The summed E-state index contributed by atoms with van der Waals surface area (Å²) >= 11 is 0. The molecule has 0 saturated heterocycles. The van der Waals surface area contributed by atoms with Crippen molar-refractivity contribution in [2.45, 2.75) is 33.4 Å². The smallest absolute Gasteiger partial charge is 0.300 e. The molecule has 0 heterocycles. The summed E-state index contributed by atoms with van der Waals surface area (Å²) in [5.41, 5.74) is -0.760. The van der Waals surface area contributed by atoms with Crippen molar-refractivity contribution < 1.29 is 31.2 Å². The molecule has 1 saturated carbocycles. The van der Waals surface area contributed by atoms with Crippen LogP contribution < -0.4 is 4.72 Å². The first-order chi connectivity index (χ1) is 8.76. The maximum Gasteiger partial charge on any atom is 0.404 e. The van der Waals surface area contributed by atoms with Gasteiger partial charge in [-0.15, -0.1) is 0 Å². The van der Waals surface area contributed by atoms with Crippen molar-refractivity contribution in [1.29, 1.82) is 0 Å². The molecule has 2 atom stereocenters. The Morgan fingerprint density at radius 2 is 1.75 bits per heavy atom. The van der Waals surface area contributed by atoms with Crippen LogP contribution in [0.15, 0.2) is 0 Å². The summed E-state index contributed by atoms with van der Waals surface area (Å²) in [6.45, 7) is 4.59. The first-order valence-electron chi connectivity index (χ1n) is 5.88. The van der Waals surface area contributed by atoms with E-state index in [0.717, 1.165) is 0 Å². The molecule has 0 aliphatic heterocycles. The van der Waals surface area contributed by atoms with E-state index < -0.39 is 39.2 Å². The number of alkyl halides is 3. The number of amides is 1. The standard InChI is InChI=1S/C11H16F3NO4S/c1-6(16)7-4-8(10(7,2)3)9(17)15-20(18,19)5-11(12,13)14/h7-8H,4-5H2,1-3H3,(H,15,17)/t7-,8+/m0/s1. The Hall–Kier alpha value is -1.12. The lowest BCUT2D eigenvalue weighted by atomic mass is 9.53. The van der Waals surface area contributed by atoms with Crippen LogP contribution in [0.3, 0.4) is 0 Å². The maximum absolute atomic E-state index is 12.0. The van der Waals surface area contributed by atoms with Crippen molar-refractivity contribution in [3.05, 3.63) is 0 Å². The van der Waals surface area contributed by atoms with Crippen LogP contribution in [0.1, 0.15) is 27.2 Å². The van der Waals surface area contributed by atoms with Crippen LogP contribution in [-0.2, 0) is 19.6 Å². The number of hydrogen-bond acceptors (Lipinski definition) is 4. The molecule has 0 radical (unpaired) electrons. The summed E-state index contributed by atoms with van der Waals surface area (Å²) in [5, 5.41) is 0. The Morgan fingerprint density at radius 3 is 2.10 bits per heavy atom. The second-order valence-corrected chi connectivity index (χ2v) is 7.34. The van der Waals surface area contributed by atoms with Gasteiger partial charge in [0.05, 0.1) is 0 Å². The molecule has 1 rings (SSSR count). The first kappa shape index (κ1) is 16.9. The van der Waals surface area contributed by atoms with Crippen LogP contribution >= 0.6 is 0 Å². The molecule has 0 aromatic rings. The SMILES string of the molecule is CC(=O)[C@@H]1C[C@H](C(=O)NS(=O)(=O)CC(F)(F)F)C1(C)C. The third-order valence-corrected chi connectivity index (χ3v) is 4.90. The topological polar surface area (TPSA) is 80.3 Å². The van der Waals surface area contributed by atoms with Gasteiger partial charge >= 0.3 is 6.18 Å². The molecule has 1 aliphatic carbocycles. The molecule has 0 unspecified atom stereocenters. The number of halogens is 3. The molecular weight excluding hydrogens is 299 g/mol. The minimum atomic E-state index is -4.91. The van der Waals surface area contributed by atoms with Gasteiger partial charge in [-0.2, -0.15) is 13.2 Å².